The van der Waals surface area contributed by atoms with Crippen molar-refractivity contribution >= 4 is 24.1 Å². The molecule has 5 aromatic carbocycles. The fourth-order valence-corrected chi connectivity index (χ4v) is 7.09. The minimum atomic E-state index is -1.49. The summed E-state index contributed by atoms with van der Waals surface area (Å²) in [5, 5.41) is 8.15. The van der Waals surface area contributed by atoms with Crippen LogP contribution in [0.2, 0.25) is 0 Å². The Morgan fingerprint density at radius 1 is 0.643 bits per heavy atom. The van der Waals surface area contributed by atoms with Gasteiger partial charge in [-0.1, -0.05) is 121 Å². The van der Waals surface area contributed by atoms with Crippen molar-refractivity contribution in [2.75, 3.05) is 20.2 Å². The summed E-state index contributed by atoms with van der Waals surface area (Å²) in [5.41, 5.74) is 4.46. The Morgan fingerprint density at radius 3 is 1.70 bits per heavy atom. The molecule has 0 radical (unpaired) electrons. The van der Waals surface area contributed by atoms with Crippen LogP contribution in [0.15, 0.2) is 133 Å². The number of alkyl carbamates (subject to hydrolysis) is 2. The topological polar surface area (TPSA) is 132 Å². The minimum Gasteiger partial charge on any atom is -0.449 e. The minimum absolute atomic E-state index is 0.0531. The van der Waals surface area contributed by atoms with Crippen LogP contribution in [0.5, 0.6) is 0 Å². The molecule has 0 heterocycles. The molecule has 1 atom stereocenters. The van der Waals surface area contributed by atoms with E-state index in [-0.39, 0.29) is 31.4 Å². The van der Waals surface area contributed by atoms with E-state index in [0.717, 1.165) is 22.3 Å². The molecule has 0 spiro atoms. The number of nitrogens with one attached hydrogen (secondary N) is 3. The predicted molar refractivity (Wildman–Crippen MR) is 214 cm³/mol. The third kappa shape index (κ3) is 8.92. The second kappa shape index (κ2) is 17.4. The van der Waals surface area contributed by atoms with Gasteiger partial charge in [0.1, 0.15) is 18.2 Å². The maximum atomic E-state index is 14.7. The first-order valence-electron chi connectivity index (χ1n) is 18.7. The Bertz CT molecular complexity index is 2060. The predicted octanol–water partition coefficient (Wildman–Crippen LogP) is 8.09. The van der Waals surface area contributed by atoms with Gasteiger partial charge in [-0.25, -0.2) is 14.4 Å². The summed E-state index contributed by atoms with van der Waals surface area (Å²) in [6.07, 6.45) is -0.969. The molecule has 56 heavy (non-hydrogen) atoms. The van der Waals surface area contributed by atoms with Gasteiger partial charge < -0.3 is 30.2 Å². The third-order valence-corrected chi connectivity index (χ3v) is 9.65. The molecule has 0 unspecified atom stereocenters. The average Bonchev–Trinajstić information content (AvgIpc) is 3.53. The van der Waals surface area contributed by atoms with Crippen LogP contribution in [-0.4, -0.2) is 55.9 Å². The highest BCUT2D eigenvalue weighted by Crippen LogP contribution is 2.45. The quantitative estimate of drug-likeness (QED) is 0.0479. The van der Waals surface area contributed by atoms with Crippen LogP contribution in [0.4, 0.5) is 9.59 Å². The van der Waals surface area contributed by atoms with E-state index in [9.17, 15) is 19.2 Å². The Balaban J connectivity index is 1.29. The molecule has 10 nitrogen and oxygen atoms in total. The summed E-state index contributed by atoms with van der Waals surface area (Å²) < 4.78 is 17.9. The number of hydrogen-bond donors (Lipinski definition) is 3. The molecule has 0 fully saturated rings. The van der Waals surface area contributed by atoms with Crippen molar-refractivity contribution in [3.05, 3.63) is 167 Å². The highest BCUT2D eigenvalue weighted by molar-refractivity contribution is 5.94. The Morgan fingerprint density at radius 2 is 1.16 bits per heavy atom. The van der Waals surface area contributed by atoms with Crippen LogP contribution < -0.4 is 16.0 Å². The van der Waals surface area contributed by atoms with Crippen LogP contribution >= 0.6 is 0 Å². The Kier molecular flexibility index (Phi) is 12.2. The smallest absolute Gasteiger partial charge is 0.407 e. The summed E-state index contributed by atoms with van der Waals surface area (Å²) in [6, 6.07) is 40.4. The molecule has 0 aromatic heterocycles. The number of esters is 1. The molecule has 0 bridgehead atoms. The van der Waals surface area contributed by atoms with Crippen molar-refractivity contribution in [1.82, 2.24) is 16.0 Å². The van der Waals surface area contributed by atoms with Crippen LogP contribution in [0.1, 0.15) is 77.7 Å². The van der Waals surface area contributed by atoms with Crippen molar-refractivity contribution < 1.29 is 33.4 Å². The largest absolute Gasteiger partial charge is 0.449 e. The number of fused-ring (bicyclic) bond motifs is 3. The lowest BCUT2D eigenvalue weighted by molar-refractivity contribution is -0.156. The highest BCUT2D eigenvalue weighted by atomic mass is 16.6. The summed E-state index contributed by atoms with van der Waals surface area (Å²) >= 11 is 0. The molecule has 1 aliphatic carbocycles. The van der Waals surface area contributed by atoms with Crippen LogP contribution in [0.25, 0.3) is 11.1 Å². The number of hydrogen-bond acceptors (Lipinski definition) is 7. The second-order valence-electron chi connectivity index (χ2n) is 14.6. The van der Waals surface area contributed by atoms with Crippen molar-refractivity contribution in [2.24, 2.45) is 0 Å². The second-order valence-corrected chi connectivity index (χ2v) is 14.6. The summed E-state index contributed by atoms with van der Waals surface area (Å²) in [7, 11) is 1.56. The molecule has 0 saturated heterocycles. The van der Waals surface area contributed by atoms with Gasteiger partial charge in [0.25, 0.3) is 5.91 Å². The van der Waals surface area contributed by atoms with E-state index in [0.29, 0.717) is 28.7 Å². The van der Waals surface area contributed by atoms with Crippen molar-refractivity contribution in [3.63, 3.8) is 0 Å². The SMILES string of the molecule is CNC(=O)c1ccc(C(OC(=O)[C@@H](CCCNC(=O)OC(C)(C)C)NC(=O)OCC2c3ccccc3-c3ccccc32)(c2ccccc2)c2ccccc2)cc1. The molecule has 0 aliphatic heterocycles. The van der Waals surface area contributed by atoms with E-state index < -0.39 is 35.4 Å². The van der Waals surface area contributed by atoms with E-state index in [1.54, 1.807) is 52.1 Å². The van der Waals surface area contributed by atoms with Gasteiger partial charge in [-0.3, -0.25) is 4.79 Å². The molecule has 0 saturated carbocycles. The maximum Gasteiger partial charge on any atom is 0.407 e. The van der Waals surface area contributed by atoms with Crippen molar-refractivity contribution in [2.45, 2.75) is 56.8 Å². The van der Waals surface area contributed by atoms with E-state index >= 15 is 0 Å². The average molecular weight is 754 g/mol. The normalized spacial score (nSPS) is 12.7. The van der Waals surface area contributed by atoms with Gasteiger partial charge in [-0.15, -0.1) is 0 Å². The first-order chi connectivity index (χ1) is 27.0. The van der Waals surface area contributed by atoms with Crippen molar-refractivity contribution in [3.8, 4) is 11.1 Å². The molecule has 288 valence electrons. The molecule has 1 aliphatic rings. The first kappa shape index (κ1) is 39.3. The molecular weight excluding hydrogens is 707 g/mol. The standard InChI is InChI=1S/C46H47N3O7/c1-45(2,3)56-43(52)48-29-15-24-40(49-44(53)54-30-39-37-22-13-11-20-35(37)36-21-12-14-23-38(36)39)42(51)55-46(32-16-7-5-8-17-32,33-18-9-6-10-19-33)34-27-25-31(26-28-34)41(50)47-4/h5-14,16-23,25-28,39-40H,15,24,29-30H2,1-4H3,(H,47,50)(H,48,52)(H,49,53)/t40-/m1/s1. The van der Waals surface area contributed by atoms with Gasteiger partial charge >= 0.3 is 18.2 Å². The first-order valence-corrected chi connectivity index (χ1v) is 18.7. The highest BCUT2D eigenvalue weighted by Gasteiger charge is 2.42. The zero-order valence-electron chi connectivity index (χ0n) is 32.0. The van der Waals surface area contributed by atoms with Gasteiger partial charge in [0.2, 0.25) is 0 Å². The lowest BCUT2D eigenvalue weighted by Gasteiger charge is -2.36. The molecule has 10 heteroatoms. The Labute approximate surface area is 327 Å². The number of ether oxygens (including phenoxy) is 3. The molecule has 5 aromatic rings. The van der Waals surface area contributed by atoms with Gasteiger partial charge in [-0.2, -0.15) is 0 Å². The van der Waals surface area contributed by atoms with Gasteiger partial charge in [0, 0.05) is 41.8 Å². The van der Waals surface area contributed by atoms with Crippen LogP contribution in [0.3, 0.4) is 0 Å². The van der Waals surface area contributed by atoms with E-state index in [1.165, 1.54) is 0 Å². The lowest BCUT2D eigenvalue weighted by atomic mass is 9.79. The lowest BCUT2D eigenvalue weighted by Crippen LogP contribution is -2.47. The molecule has 3 N–H and O–H groups in total. The number of carbonyl (C=O) groups excluding carboxylic acids is 4. The zero-order chi connectivity index (χ0) is 39.7. The fraction of sp³-hybridized carbons (Fsp3) is 0.261. The van der Waals surface area contributed by atoms with Gasteiger partial charge in [-0.05, 0) is 68.0 Å². The summed E-state index contributed by atoms with van der Waals surface area (Å²) in [4.78, 5) is 53.2. The third-order valence-electron chi connectivity index (χ3n) is 9.65. The number of rotatable bonds is 13. The molecule has 6 rings (SSSR count). The number of amides is 3. The molecular formula is C46H47N3O7. The number of benzene rings is 5. The number of carbonyl (C=O) groups is 4. The fourth-order valence-electron chi connectivity index (χ4n) is 7.09. The maximum absolute atomic E-state index is 14.7. The van der Waals surface area contributed by atoms with E-state index in [2.05, 4.69) is 28.1 Å². The monoisotopic (exact) mass is 753 g/mol. The summed E-state index contributed by atoms with van der Waals surface area (Å²) in [6.45, 7) is 5.55. The molecule has 3 amide bonds. The van der Waals surface area contributed by atoms with Crippen LogP contribution in [0, 0.1) is 0 Å². The van der Waals surface area contributed by atoms with E-state index in [1.807, 2.05) is 97.1 Å². The van der Waals surface area contributed by atoms with Crippen LogP contribution in [-0.2, 0) is 24.6 Å². The van der Waals surface area contributed by atoms with Gasteiger partial charge in [0.05, 0.1) is 0 Å². The van der Waals surface area contributed by atoms with Gasteiger partial charge in [0.15, 0.2) is 5.60 Å². The summed E-state index contributed by atoms with van der Waals surface area (Å²) in [5.74, 6) is -1.16. The Hall–Kier alpha value is -6.42. The van der Waals surface area contributed by atoms with Crippen molar-refractivity contribution in [1.29, 1.82) is 0 Å². The zero-order valence-corrected chi connectivity index (χ0v) is 32.0. The van der Waals surface area contributed by atoms with E-state index in [4.69, 9.17) is 14.2 Å².